The molecule has 2 aliphatic heterocycles. The summed E-state index contributed by atoms with van der Waals surface area (Å²) in [5.41, 5.74) is 1.09. The molecule has 3 heterocycles. The highest BCUT2D eigenvalue weighted by Gasteiger charge is 2.31. The molecule has 3 amide bonds. The van der Waals surface area contributed by atoms with Gasteiger partial charge in [-0.3, -0.25) is 19.7 Å². The molecule has 130 valence electrons. The Kier molecular flexibility index (Phi) is 3.45. The summed E-state index contributed by atoms with van der Waals surface area (Å²) in [5, 5.41) is 7.07. The molecule has 2 saturated heterocycles. The SMILES string of the molecule is Cn1nc(N2CCC(=O)NC2=O)c2cc(F)c(N3CC(C=O)C3)cc21. The molecule has 8 nitrogen and oxygen atoms in total. The van der Waals surface area contributed by atoms with Crippen molar-refractivity contribution in [2.45, 2.75) is 6.42 Å². The Labute approximate surface area is 142 Å². The number of amides is 3. The van der Waals surface area contributed by atoms with Crippen LogP contribution in [-0.4, -0.2) is 47.6 Å². The number of nitrogens with one attached hydrogen (secondary N) is 1. The fourth-order valence-electron chi connectivity index (χ4n) is 3.25. The third kappa shape index (κ3) is 2.43. The van der Waals surface area contributed by atoms with Gasteiger partial charge in [-0.25, -0.2) is 9.18 Å². The van der Waals surface area contributed by atoms with E-state index in [9.17, 15) is 18.8 Å². The lowest BCUT2D eigenvalue weighted by Gasteiger charge is -2.38. The monoisotopic (exact) mass is 345 g/mol. The van der Waals surface area contributed by atoms with Crippen LogP contribution in [0.5, 0.6) is 0 Å². The van der Waals surface area contributed by atoms with Gasteiger partial charge in [-0.2, -0.15) is 5.10 Å². The van der Waals surface area contributed by atoms with Crippen molar-refractivity contribution < 1.29 is 18.8 Å². The quantitative estimate of drug-likeness (QED) is 0.831. The Bertz CT molecular complexity index is 903. The topological polar surface area (TPSA) is 87.5 Å². The number of rotatable bonds is 3. The van der Waals surface area contributed by atoms with E-state index in [0.29, 0.717) is 35.5 Å². The summed E-state index contributed by atoms with van der Waals surface area (Å²) in [5.74, 6) is -0.508. The molecule has 1 N–H and O–H groups in total. The zero-order valence-electron chi connectivity index (χ0n) is 13.5. The average Bonchev–Trinajstić information content (AvgIpc) is 2.83. The lowest BCUT2D eigenvalue weighted by Crippen LogP contribution is -2.49. The molecule has 0 atom stereocenters. The first-order valence-electron chi connectivity index (χ1n) is 7.95. The number of carbonyl (C=O) groups is 3. The van der Waals surface area contributed by atoms with Crippen molar-refractivity contribution in [2.75, 3.05) is 29.4 Å². The van der Waals surface area contributed by atoms with Crippen LogP contribution in [0.3, 0.4) is 0 Å². The maximum absolute atomic E-state index is 14.6. The van der Waals surface area contributed by atoms with Crippen LogP contribution in [-0.2, 0) is 16.6 Å². The zero-order chi connectivity index (χ0) is 17.7. The molecule has 1 aromatic carbocycles. The number of anilines is 2. The van der Waals surface area contributed by atoms with Crippen molar-refractivity contribution in [3.63, 3.8) is 0 Å². The predicted octanol–water partition coefficient (Wildman–Crippen LogP) is 0.794. The van der Waals surface area contributed by atoms with Crippen molar-refractivity contribution in [3.05, 3.63) is 17.9 Å². The molecule has 0 aliphatic carbocycles. The normalized spacial score (nSPS) is 18.5. The number of aryl methyl sites for hydroxylation is 1. The highest BCUT2D eigenvalue weighted by molar-refractivity contribution is 6.09. The van der Waals surface area contributed by atoms with Gasteiger partial charge in [-0.15, -0.1) is 0 Å². The van der Waals surface area contributed by atoms with E-state index in [1.54, 1.807) is 22.7 Å². The molecule has 0 spiro atoms. The molecule has 0 saturated carbocycles. The smallest absolute Gasteiger partial charge is 0.329 e. The Morgan fingerprint density at radius 3 is 2.76 bits per heavy atom. The first-order chi connectivity index (χ1) is 12.0. The van der Waals surface area contributed by atoms with Gasteiger partial charge in [0.15, 0.2) is 5.82 Å². The largest absolute Gasteiger partial charge is 0.368 e. The Balaban J connectivity index is 1.73. The molecule has 4 rings (SSSR count). The first-order valence-corrected chi connectivity index (χ1v) is 7.95. The predicted molar refractivity (Wildman–Crippen MR) is 87.9 cm³/mol. The number of carbonyl (C=O) groups excluding carboxylic acids is 3. The molecule has 0 radical (unpaired) electrons. The van der Waals surface area contributed by atoms with E-state index in [0.717, 1.165) is 6.29 Å². The summed E-state index contributed by atoms with van der Waals surface area (Å²) in [6, 6.07) is 2.47. The number of nitrogens with zero attached hydrogens (tertiary/aromatic N) is 4. The van der Waals surface area contributed by atoms with Gasteiger partial charge in [0.2, 0.25) is 5.91 Å². The van der Waals surface area contributed by atoms with Crippen LogP contribution >= 0.6 is 0 Å². The van der Waals surface area contributed by atoms with E-state index in [2.05, 4.69) is 10.4 Å². The second-order valence-corrected chi connectivity index (χ2v) is 6.32. The van der Waals surface area contributed by atoms with Gasteiger partial charge >= 0.3 is 6.03 Å². The van der Waals surface area contributed by atoms with Gasteiger partial charge in [0.25, 0.3) is 0 Å². The van der Waals surface area contributed by atoms with Crippen LogP contribution in [0.2, 0.25) is 0 Å². The molecule has 25 heavy (non-hydrogen) atoms. The van der Waals surface area contributed by atoms with Crippen molar-refractivity contribution in [3.8, 4) is 0 Å². The summed E-state index contributed by atoms with van der Waals surface area (Å²) in [6.45, 7) is 1.19. The van der Waals surface area contributed by atoms with Crippen LogP contribution in [0.4, 0.5) is 20.7 Å². The highest BCUT2D eigenvalue weighted by atomic mass is 19.1. The summed E-state index contributed by atoms with van der Waals surface area (Å²) < 4.78 is 16.2. The van der Waals surface area contributed by atoms with Crippen LogP contribution in [0.25, 0.3) is 10.9 Å². The molecule has 0 unspecified atom stereocenters. The summed E-state index contributed by atoms with van der Waals surface area (Å²) >= 11 is 0. The maximum Gasteiger partial charge on any atom is 0.329 e. The first kappa shape index (κ1) is 15.6. The zero-order valence-corrected chi connectivity index (χ0v) is 13.5. The van der Waals surface area contributed by atoms with Gasteiger partial charge in [0, 0.05) is 44.4 Å². The maximum atomic E-state index is 14.6. The van der Waals surface area contributed by atoms with Crippen LogP contribution in [0, 0.1) is 11.7 Å². The molecular weight excluding hydrogens is 329 g/mol. The van der Waals surface area contributed by atoms with Gasteiger partial charge in [-0.05, 0) is 12.1 Å². The van der Waals surface area contributed by atoms with E-state index in [1.165, 1.54) is 11.0 Å². The summed E-state index contributed by atoms with van der Waals surface area (Å²) in [7, 11) is 1.71. The fourth-order valence-corrected chi connectivity index (χ4v) is 3.25. The number of benzene rings is 1. The van der Waals surface area contributed by atoms with E-state index in [4.69, 9.17) is 0 Å². The number of fused-ring (bicyclic) bond motifs is 1. The average molecular weight is 345 g/mol. The number of hydrogen-bond donors (Lipinski definition) is 1. The summed E-state index contributed by atoms with van der Waals surface area (Å²) in [4.78, 5) is 37.2. The Hall–Kier alpha value is -2.97. The van der Waals surface area contributed by atoms with Crippen LogP contribution in [0.15, 0.2) is 12.1 Å². The third-order valence-electron chi connectivity index (χ3n) is 4.65. The molecule has 2 aliphatic rings. The van der Waals surface area contributed by atoms with Crippen LogP contribution < -0.4 is 15.1 Å². The second-order valence-electron chi connectivity index (χ2n) is 6.32. The summed E-state index contributed by atoms with van der Waals surface area (Å²) in [6.07, 6.45) is 1.05. The van der Waals surface area contributed by atoms with Gasteiger partial charge in [0.1, 0.15) is 12.1 Å². The number of aldehydes is 1. The van der Waals surface area contributed by atoms with Gasteiger partial charge < -0.3 is 9.69 Å². The van der Waals surface area contributed by atoms with E-state index >= 15 is 0 Å². The molecule has 0 bridgehead atoms. The van der Waals surface area contributed by atoms with E-state index in [1.807, 2.05) is 0 Å². The van der Waals surface area contributed by atoms with Crippen molar-refractivity contribution in [1.82, 2.24) is 15.1 Å². The lowest BCUT2D eigenvalue weighted by molar-refractivity contribution is -0.120. The Morgan fingerprint density at radius 1 is 1.32 bits per heavy atom. The fraction of sp³-hybridized carbons (Fsp3) is 0.375. The highest BCUT2D eigenvalue weighted by Crippen LogP contribution is 2.34. The van der Waals surface area contributed by atoms with Crippen molar-refractivity contribution >= 4 is 40.6 Å². The Morgan fingerprint density at radius 2 is 2.08 bits per heavy atom. The molecule has 1 aromatic heterocycles. The minimum Gasteiger partial charge on any atom is -0.368 e. The molecule has 9 heteroatoms. The minimum atomic E-state index is -0.558. The van der Waals surface area contributed by atoms with Crippen LogP contribution in [0.1, 0.15) is 6.42 Å². The number of urea groups is 1. The van der Waals surface area contributed by atoms with Crippen molar-refractivity contribution in [1.29, 1.82) is 0 Å². The molecule has 2 aromatic rings. The van der Waals surface area contributed by atoms with E-state index in [-0.39, 0.29) is 24.8 Å². The number of imide groups is 1. The number of halogens is 1. The van der Waals surface area contributed by atoms with Crippen molar-refractivity contribution in [2.24, 2.45) is 13.0 Å². The molecule has 2 fully saturated rings. The standard InChI is InChI=1S/C16H16FN5O3/c1-20-12-5-13(21-6-9(7-21)8-23)11(17)4-10(12)15(19-20)22-3-2-14(24)18-16(22)25/h4-5,8-9H,2-3,6-7H2,1H3,(H,18,24,25). The molecular formula is C16H16FN5O3. The lowest BCUT2D eigenvalue weighted by atomic mass is 10.0. The van der Waals surface area contributed by atoms with E-state index < -0.39 is 11.8 Å². The third-order valence-corrected chi connectivity index (χ3v) is 4.65. The minimum absolute atomic E-state index is 0.0632. The number of hydrogen-bond acceptors (Lipinski definition) is 5. The van der Waals surface area contributed by atoms with Gasteiger partial charge in [0.05, 0.1) is 11.2 Å². The van der Waals surface area contributed by atoms with Gasteiger partial charge in [-0.1, -0.05) is 0 Å². The number of aromatic nitrogens is 2. The second kappa shape index (κ2) is 5.54.